The van der Waals surface area contributed by atoms with Crippen molar-refractivity contribution in [3.8, 4) is 17.2 Å². The zero-order valence-electron chi connectivity index (χ0n) is 32.2. The summed E-state index contributed by atoms with van der Waals surface area (Å²) in [7, 11) is -2.57. The highest BCUT2D eigenvalue weighted by molar-refractivity contribution is 8.07. The summed E-state index contributed by atoms with van der Waals surface area (Å²) in [6, 6.07) is 17.5. The molecule has 348 valence electrons. The van der Waals surface area contributed by atoms with Crippen LogP contribution in [0.15, 0.2) is 54.6 Å². The number of nitriles is 1. The van der Waals surface area contributed by atoms with Gasteiger partial charge in [-0.3, -0.25) is 4.79 Å². The number of Topliss-reactive ketones (excluding diaryl/α,β-unsaturated/α-hetero) is 1. The van der Waals surface area contributed by atoms with Crippen LogP contribution in [0.4, 0.5) is 87.8 Å². The topological polar surface area (TPSA) is 57.9 Å². The van der Waals surface area contributed by atoms with Crippen molar-refractivity contribution in [2.45, 2.75) is 0 Å². The molecule has 6 aromatic carbocycles. The average Bonchev–Trinajstić information content (AvgIpc) is 3.31. The molecular weight excluding hydrogens is 973 g/mol. The van der Waals surface area contributed by atoms with Crippen LogP contribution in [0.2, 0.25) is 0 Å². The van der Waals surface area contributed by atoms with Gasteiger partial charge >= 0.3 is 0 Å². The molecule has 6 rings (SSSR count). The molecule has 0 aromatic heterocycles. The van der Waals surface area contributed by atoms with Crippen molar-refractivity contribution < 1.29 is 96.8 Å². The van der Waals surface area contributed by atoms with Crippen LogP contribution in [0.3, 0.4) is 0 Å². The molecule has 0 fully saturated rings. The smallest absolute Gasteiger partial charge is 0.212 e. The third-order valence-electron chi connectivity index (χ3n) is 9.63. The second-order valence-electron chi connectivity index (χ2n) is 13.7. The normalized spacial score (nSPS) is 12.1. The third-order valence-corrected chi connectivity index (χ3v) is 11.0. The first-order valence-corrected chi connectivity index (χ1v) is 19.7. The summed E-state index contributed by atoms with van der Waals surface area (Å²) in [5.41, 5.74) is -12.6. The number of benzene rings is 6. The van der Waals surface area contributed by atoms with Gasteiger partial charge in [0.25, 0.3) is 0 Å². The summed E-state index contributed by atoms with van der Waals surface area (Å²) in [6.07, 6.45) is -5.73. The Hall–Kier alpha value is -7.15. The van der Waals surface area contributed by atoms with Gasteiger partial charge in [0.15, 0.2) is 90.7 Å². The van der Waals surface area contributed by atoms with Gasteiger partial charge in [0.05, 0.1) is 11.6 Å². The molecule has 0 bridgehead atoms. The Labute approximate surface area is 362 Å². The molecule has 0 heterocycles. The third kappa shape index (κ3) is 8.70. The summed E-state index contributed by atoms with van der Waals surface area (Å²) in [6.45, 7) is 0. The number of ketones is 1. The zero-order valence-corrected chi connectivity index (χ0v) is 33.0. The van der Waals surface area contributed by atoms with Crippen LogP contribution in [-0.4, -0.2) is 23.9 Å². The van der Waals surface area contributed by atoms with Crippen molar-refractivity contribution in [2.24, 2.45) is 0 Å². The molecule has 0 saturated carbocycles. The Balaban J connectivity index is 0.000000319. The molecule has 67 heavy (non-hydrogen) atoms. The van der Waals surface area contributed by atoms with Gasteiger partial charge in [-0.15, -0.1) is 21.9 Å². The standard InChI is InChI=1S/C24BF20.C18H14NO2S/c26-5-1(6(27)14(35)21(42)13(5)34)25(2-7(28)15(36)22(43)16(37)8(2)29,3-9(30)17(38)23(44)18(39)10(3)31)4-11(32)19(40)24(45)20(41)12(4)33;1-22(21,12-11-15-5-3-2-4-6-15)14-18(20)17-9-7-16(13-19)8-10-17/h;2-10H,14H2,1H3/q-1;+1. The predicted octanol–water partition coefficient (Wildman–Crippen LogP) is 8.73. The lowest BCUT2D eigenvalue weighted by Crippen LogP contribution is -2.81. The van der Waals surface area contributed by atoms with E-state index >= 15 is 35.1 Å². The first-order chi connectivity index (χ1) is 31.2. The molecule has 0 aliphatic rings. The van der Waals surface area contributed by atoms with Crippen molar-refractivity contribution in [3.63, 3.8) is 0 Å². The van der Waals surface area contributed by atoms with E-state index in [1.54, 1.807) is 24.3 Å². The number of rotatable bonds is 7. The highest BCUT2D eigenvalue weighted by Gasteiger charge is 2.52. The van der Waals surface area contributed by atoms with Gasteiger partial charge in [0.2, 0.25) is 5.78 Å². The van der Waals surface area contributed by atoms with Crippen LogP contribution < -0.4 is 21.9 Å². The first-order valence-electron chi connectivity index (χ1n) is 17.5. The summed E-state index contributed by atoms with van der Waals surface area (Å²) in [4.78, 5) is 12.1. The van der Waals surface area contributed by atoms with Crippen LogP contribution in [0.25, 0.3) is 0 Å². The molecule has 0 amide bonds. The quantitative estimate of drug-likeness (QED) is 0.0306. The van der Waals surface area contributed by atoms with E-state index in [0.717, 1.165) is 5.56 Å². The molecule has 0 radical (unpaired) electrons. The molecule has 0 spiro atoms. The summed E-state index contributed by atoms with van der Waals surface area (Å²) >= 11 is 0. The van der Waals surface area contributed by atoms with Crippen molar-refractivity contribution in [1.29, 1.82) is 5.26 Å². The van der Waals surface area contributed by atoms with Gasteiger partial charge in [0, 0.05) is 11.1 Å². The lowest BCUT2D eigenvalue weighted by atomic mass is 9.12. The van der Waals surface area contributed by atoms with Gasteiger partial charge in [-0.1, -0.05) is 22.4 Å². The molecule has 0 N–H and O–H groups in total. The fraction of sp³-hybridized carbons (Fsp3) is 0.0476. The van der Waals surface area contributed by atoms with Crippen LogP contribution in [-0.2, 0) is 14.1 Å². The van der Waals surface area contributed by atoms with E-state index in [0.29, 0.717) is 11.1 Å². The van der Waals surface area contributed by atoms with Crippen LogP contribution >= 0.6 is 0 Å². The Morgan fingerprint density at radius 3 is 0.970 bits per heavy atom. The molecule has 0 saturated heterocycles. The fourth-order valence-corrected chi connectivity index (χ4v) is 7.74. The van der Waals surface area contributed by atoms with Gasteiger partial charge < -0.3 is 0 Å². The van der Waals surface area contributed by atoms with Gasteiger partial charge in [-0.25, -0.2) is 87.8 Å². The van der Waals surface area contributed by atoms with Crippen LogP contribution in [0.5, 0.6) is 0 Å². The monoisotopic (exact) mass is 987 g/mol. The summed E-state index contributed by atoms with van der Waals surface area (Å²) in [5.74, 6) is -68.9. The Morgan fingerprint density at radius 2 is 0.701 bits per heavy atom. The molecule has 1 atom stereocenters. The minimum absolute atomic E-state index is 0.126. The number of carbonyl (C=O) groups excluding carboxylic acids is 1. The van der Waals surface area contributed by atoms with Crippen LogP contribution in [0.1, 0.15) is 21.5 Å². The number of carbonyl (C=O) groups is 1. The maximum atomic E-state index is 15.4. The maximum absolute atomic E-state index is 15.4. The van der Waals surface area contributed by atoms with E-state index < -0.39 is 154 Å². The molecule has 3 nitrogen and oxygen atoms in total. The number of nitrogens with zero attached hydrogens (tertiary/aromatic N) is 1. The van der Waals surface area contributed by atoms with Crippen molar-refractivity contribution >= 4 is 43.7 Å². The van der Waals surface area contributed by atoms with Crippen molar-refractivity contribution in [1.82, 2.24) is 0 Å². The number of hydrogen-bond acceptors (Lipinski definition) is 3. The highest BCUT2D eigenvalue weighted by Crippen LogP contribution is 2.31. The summed E-state index contributed by atoms with van der Waals surface area (Å²) < 4.78 is 306. The average molecular weight is 987 g/mol. The molecule has 25 heteroatoms. The maximum Gasteiger partial charge on any atom is 0.212 e. The minimum atomic E-state index is -7.22. The molecule has 0 aliphatic carbocycles. The molecule has 0 aliphatic heterocycles. The van der Waals surface area contributed by atoms with Gasteiger partial charge in [-0.05, 0) is 42.3 Å². The Kier molecular flexibility index (Phi) is 14.4. The van der Waals surface area contributed by atoms with Crippen molar-refractivity contribution in [3.05, 3.63) is 188 Å². The van der Waals surface area contributed by atoms with Crippen molar-refractivity contribution in [2.75, 3.05) is 12.0 Å². The van der Waals surface area contributed by atoms with Gasteiger partial charge in [0.1, 0.15) is 58.9 Å². The van der Waals surface area contributed by atoms with E-state index in [2.05, 4.69) is 11.2 Å². The van der Waals surface area contributed by atoms with E-state index in [1.165, 1.54) is 6.26 Å². The highest BCUT2D eigenvalue weighted by atomic mass is 32.2. The number of halogens is 20. The largest absolute Gasteiger partial charge is 0.289 e. The van der Waals surface area contributed by atoms with E-state index in [4.69, 9.17) is 5.26 Å². The zero-order chi connectivity index (χ0) is 50.4. The summed E-state index contributed by atoms with van der Waals surface area (Å²) in [5, 5.41) is 11.4. The second kappa shape index (κ2) is 19.0. The SMILES string of the molecule is C[S+](=O)(C#Cc1ccccc1)CC(=O)c1ccc(C#N)cc1.Fc1c(F)c(F)c([B-](c2c(F)c(F)c(F)c(F)c2F)(c2c(F)c(F)c(F)c(F)c2F)c2c(F)c(F)c(F)c(F)c2F)c(F)c1F. The van der Waals surface area contributed by atoms with Gasteiger partial charge in [-0.2, -0.15) is 5.26 Å². The Bertz CT molecular complexity index is 2800. The van der Waals surface area contributed by atoms with E-state index in [-0.39, 0.29) is 11.5 Å². The lowest BCUT2D eigenvalue weighted by molar-refractivity contribution is 0.102. The molecular formula is C42H14BF20NO2S. The minimum Gasteiger partial charge on any atom is -0.289 e. The fourth-order valence-electron chi connectivity index (χ4n) is 6.66. The molecule has 1 unspecified atom stereocenters. The second-order valence-corrected chi connectivity index (χ2v) is 16.2. The molecule has 6 aromatic rings. The van der Waals surface area contributed by atoms with Crippen LogP contribution in [0, 0.1) is 139 Å². The number of hydrogen-bond donors (Lipinski definition) is 0. The lowest BCUT2D eigenvalue weighted by Gasteiger charge is -2.44. The van der Waals surface area contributed by atoms with E-state index in [9.17, 15) is 61.7 Å². The van der Waals surface area contributed by atoms with E-state index in [1.807, 2.05) is 36.4 Å². The Morgan fingerprint density at radius 1 is 0.433 bits per heavy atom. The predicted molar refractivity (Wildman–Crippen MR) is 197 cm³/mol. The first kappa shape index (κ1) is 50.8.